The number of nitrogens with two attached hydrogens (primary N) is 1. The summed E-state index contributed by atoms with van der Waals surface area (Å²) in [6.45, 7) is 0.603. The molecule has 0 radical (unpaired) electrons. The molecule has 2 aromatic heterocycles. The minimum atomic E-state index is 0.448. The number of ether oxygens (including phenoxy) is 2. The van der Waals surface area contributed by atoms with Gasteiger partial charge in [0.15, 0.2) is 11.5 Å². The largest absolute Gasteiger partial charge is 0.493 e. The number of nitrogens with zero attached hydrogens (tertiary/aromatic N) is 3. The zero-order valence-electron chi connectivity index (χ0n) is 11.9. The van der Waals surface area contributed by atoms with E-state index in [-0.39, 0.29) is 0 Å². The second-order valence-corrected chi connectivity index (χ2v) is 4.61. The van der Waals surface area contributed by atoms with Gasteiger partial charge in [-0.1, -0.05) is 6.07 Å². The molecule has 2 heterocycles. The molecule has 2 N–H and O–H groups in total. The molecule has 0 unspecified atom stereocenters. The third kappa shape index (κ3) is 2.35. The lowest BCUT2D eigenvalue weighted by molar-refractivity contribution is 0.355. The molecule has 0 aliphatic rings. The summed E-state index contributed by atoms with van der Waals surface area (Å²) < 4.78 is 12.6. The summed E-state index contributed by atoms with van der Waals surface area (Å²) in [4.78, 5) is 8.49. The lowest BCUT2D eigenvalue weighted by atomic mass is 10.2. The van der Waals surface area contributed by atoms with Crippen molar-refractivity contribution in [1.29, 1.82) is 0 Å². The lowest BCUT2D eigenvalue weighted by Crippen LogP contribution is -2.04. The Balaban J connectivity index is 2.12. The fraction of sp³-hybridized carbons (Fsp3) is 0.200. The molecule has 0 saturated carbocycles. The summed E-state index contributed by atoms with van der Waals surface area (Å²) in [5, 5.41) is 0. The van der Waals surface area contributed by atoms with Crippen molar-refractivity contribution in [1.82, 2.24) is 14.5 Å². The van der Waals surface area contributed by atoms with Gasteiger partial charge in [0.05, 0.1) is 31.8 Å². The summed E-state index contributed by atoms with van der Waals surface area (Å²) in [5.41, 5.74) is 8.76. The lowest BCUT2D eigenvalue weighted by Gasteiger charge is -2.09. The number of aromatic nitrogens is 3. The summed E-state index contributed by atoms with van der Waals surface area (Å²) in [6, 6.07) is 7.60. The van der Waals surface area contributed by atoms with E-state index in [4.69, 9.17) is 15.2 Å². The molecule has 108 valence electrons. The SMILES string of the molecule is COc1cc2nc(N)n(Cc3cccnc3)c2cc1OC. The molecule has 6 nitrogen and oxygen atoms in total. The Bertz CT molecular complexity index is 768. The predicted molar refractivity (Wildman–Crippen MR) is 80.6 cm³/mol. The normalized spacial score (nSPS) is 10.8. The molecular weight excluding hydrogens is 268 g/mol. The highest BCUT2D eigenvalue weighted by Crippen LogP contribution is 2.33. The predicted octanol–water partition coefficient (Wildman–Crippen LogP) is 2.08. The fourth-order valence-electron chi connectivity index (χ4n) is 2.31. The first kappa shape index (κ1) is 13.2. The van der Waals surface area contributed by atoms with Crippen molar-refractivity contribution in [3.63, 3.8) is 0 Å². The second-order valence-electron chi connectivity index (χ2n) is 4.61. The van der Waals surface area contributed by atoms with Gasteiger partial charge in [0.1, 0.15) is 0 Å². The first-order valence-electron chi connectivity index (χ1n) is 6.49. The average Bonchev–Trinajstić information content (AvgIpc) is 2.82. The van der Waals surface area contributed by atoms with Crippen LogP contribution in [0.4, 0.5) is 5.95 Å². The van der Waals surface area contributed by atoms with Gasteiger partial charge in [0.25, 0.3) is 0 Å². The van der Waals surface area contributed by atoms with Gasteiger partial charge in [-0.15, -0.1) is 0 Å². The van der Waals surface area contributed by atoms with Crippen molar-refractivity contribution in [3.8, 4) is 11.5 Å². The Morgan fingerprint density at radius 3 is 2.62 bits per heavy atom. The van der Waals surface area contributed by atoms with E-state index in [1.165, 1.54) is 0 Å². The fourth-order valence-corrected chi connectivity index (χ4v) is 2.31. The van der Waals surface area contributed by atoms with Crippen LogP contribution in [-0.2, 0) is 6.54 Å². The third-order valence-electron chi connectivity index (χ3n) is 3.35. The van der Waals surface area contributed by atoms with Gasteiger partial charge in [0, 0.05) is 24.5 Å². The zero-order valence-corrected chi connectivity index (χ0v) is 11.9. The molecule has 3 aromatic rings. The molecule has 0 aliphatic heterocycles. The molecular formula is C15H16N4O2. The van der Waals surface area contributed by atoms with E-state index in [1.54, 1.807) is 20.4 Å². The van der Waals surface area contributed by atoms with Crippen LogP contribution >= 0.6 is 0 Å². The van der Waals surface area contributed by atoms with Gasteiger partial charge < -0.3 is 19.8 Å². The van der Waals surface area contributed by atoms with Crippen LogP contribution in [0.15, 0.2) is 36.7 Å². The maximum absolute atomic E-state index is 6.03. The molecule has 0 atom stereocenters. The minimum absolute atomic E-state index is 0.448. The summed E-state index contributed by atoms with van der Waals surface area (Å²) in [5.74, 6) is 1.73. The highest BCUT2D eigenvalue weighted by molar-refractivity contribution is 5.82. The van der Waals surface area contributed by atoms with E-state index in [1.807, 2.05) is 35.0 Å². The van der Waals surface area contributed by atoms with Crippen LogP contribution in [0, 0.1) is 0 Å². The molecule has 0 bridgehead atoms. The summed E-state index contributed by atoms with van der Waals surface area (Å²) in [7, 11) is 3.20. The number of pyridine rings is 1. The highest BCUT2D eigenvalue weighted by atomic mass is 16.5. The third-order valence-corrected chi connectivity index (χ3v) is 3.35. The number of hydrogen-bond acceptors (Lipinski definition) is 5. The van der Waals surface area contributed by atoms with E-state index in [2.05, 4.69) is 9.97 Å². The van der Waals surface area contributed by atoms with E-state index < -0.39 is 0 Å². The molecule has 0 saturated heterocycles. The number of benzene rings is 1. The van der Waals surface area contributed by atoms with Crippen molar-refractivity contribution in [2.75, 3.05) is 20.0 Å². The van der Waals surface area contributed by atoms with E-state index in [0.717, 1.165) is 16.6 Å². The Morgan fingerprint density at radius 2 is 1.95 bits per heavy atom. The Labute approximate surface area is 122 Å². The van der Waals surface area contributed by atoms with E-state index >= 15 is 0 Å². The number of rotatable bonds is 4. The minimum Gasteiger partial charge on any atom is -0.493 e. The summed E-state index contributed by atoms with van der Waals surface area (Å²) >= 11 is 0. The first-order chi connectivity index (χ1) is 10.2. The number of anilines is 1. The number of hydrogen-bond donors (Lipinski definition) is 1. The van der Waals surface area contributed by atoms with Crippen molar-refractivity contribution in [2.45, 2.75) is 6.54 Å². The zero-order chi connectivity index (χ0) is 14.8. The van der Waals surface area contributed by atoms with Crippen LogP contribution < -0.4 is 15.2 Å². The standard InChI is InChI=1S/C15H16N4O2/c1-20-13-6-11-12(7-14(13)21-2)19(15(16)18-11)9-10-4-3-5-17-8-10/h3-8H,9H2,1-2H3,(H2,16,18). The van der Waals surface area contributed by atoms with Crippen LogP contribution in [0.25, 0.3) is 11.0 Å². The van der Waals surface area contributed by atoms with Crippen molar-refractivity contribution in [3.05, 3.63) is 42.2 Å². The van der Waals surface area contributed by atoms with Crippen LogP contribution in [0.1, 0.15) is 5.56 Å². The van der Waals surface area contributed by atoms with E-state index in [0.29, 0.717) is 24.0 Å². The smallest absolute Gasteiger partial charge is 0.201 e. The molecule has 0 fully saturated rings. The Hall–Kier alpha value is -2.76. The monoisotopic (exact) mass is 284 g/mol. The topological polar surface area (TPSA) is 75.2 Å². The van der Waals surface area contributed by atoms with Gasteiger partial charge >= 0.3 is 0 Å². The maximum Gasteiger partial charge on any atom is 0.201 e. The van der Waals surface area contributed by atoms with Crippen molar-refractivity contribution < 1.29 is 9.47 Å². The Kier molecular flexibility index (Phi) is 3.35. The van der Waals surface area contributed by atoms with Gasteiger partial charge in [0.2, 0.25) is 5.95 Å². The molecule has 21 heavy (non-hydrogen) atoms. The van der Waals surface area contributed by atoms with Crippen LogP contribution in [0.2, 0.25) is 0 Å². The molecule has 6 heteroatoms. The first-order valence-corrected chi connectivity index (χ1v) is 6.49. The second kappa shape index (κ2) is 5.32. The summed E-state index contributed by atoms with van der Waals surface area (Å²) in [6.07, 6.45) is 3.55. The van der Waals surface area contributed by atoms with Crippen LogP contribution in [0.5, 0.6) is 11.5 Å². The molecule has 0 aliphatic carbocycles. The number of imidazole rings is 1. The number of fused-ring (bicyclic) bond motifs is 1. The van der Waals surface area contributed by atoms with Crippen molar-refractivity contribution >= 4 is 17.0 Å². The van der Waals surface area contributed by atoms with Crippen LogP contribution in [0.3, 0.4) is 0 Å². The van der Waals surface area contributed by atoms with Gasteiger partial charge in [-0.3, -0.25) is 4.98 Å². The van der Waals surface area contributed by atoms with E-state index in [9.17, 15) is 0 Å². The quantitative estimate of drug-likeness (QED) is 0.794. The number of nitrogen functional groups attached to an aromatic ring is 1. The highest BCUT2D eigenvalue weighted by Gasteiger charge is 2.13. The molecule has 1 aromatic carbocycles. The van der Waals surface area contributed by atoms with Crippen LogP contribution in [-0.4, -0.2) is 28.8 Å². The van der Waals surface area contributed by atoms with Gasteiger partial charge in [-0.2, -0.15) is 0 Å². The average molecular weight is 284 g/mol. The number of methoxy groups -OCH3 is 2. The maximum atomic E-state index is 6.03. The van der Waals surface area contributed by atoms with Gasteiger partial charge in [-0.25, -0.2) is 4.98 Å². The van der Waals surface area contributed by atoms with Crippen molar-refractivity contribution in [2.24, 2.45) is 0 Å². The molecule has 0 amide bonds. The molecule has 3 rings (SSSR count). The molecule has 0 spiro atoms. The van der Waals surface area contributed by atoms with Gasteiger partial charge in [-0.05, 0) is 11.6 Å². The Morgan fingerprint density at radius 1 is 1.19 bits per heavy atom.